The lowest BCUT2D eigenvalue weighted by molar-refractivity contribution is -0.0278. The van der Waals surface area contributed by atoms with E-state index in [0.717, 1.165) is 66.8 Å². The molecule has 1 saturated heterocycles. The van der Waals surface area contributed by atoms with Crippen LogP contribution in [0.25, 0.3) is 10.9 Å². The minimum absolute atomic E-state index is 0.741. The summed E-state index contributed by atoms with van der Waals surface area (Å²) >= 11 is 0. The molecule has 1 fully saturated rings. The molecule has 3 heterocycles. The SMILES string of the molecule is CCc1ccc(CN2CCC(O)(c3ccc4nc(C)ccc4c3)CC2)nc1. The van der Waals surface area contributed by atoms with Crippen molar-refractivity contribution < 1.29 is 5.11 Å². The largest absolute Gasteiger partial charge is 0.385 e. The first-order valence-electron chi connectivity index (χ1n) is 9.82. The number of likely N-dealkylation sites (tertiary alicyclic amines) is 1. The van der Waals surface area contributed by atoms with Gasteiger partial charge in [0, 0.05) is 36.9 Å². The van der Waals surface area contributed by atoms with Crippen LogP contribution < -0.4 is 0 Å². The number of piperidine rings is 1. The zero-order valence-electron chi connectivity index (χ0n) is 16.2. The first-order chi connectivity index (χ1) is 13.1. The van der Waals surface area contributed by atoms with Gasteiger partial charge in [-0.1, -0.05) is 25.1 Å². The number of aromatic nitrogens is 2. The number of rotatable bonds is 4. The van der Waals surface area contributed by atoms with E-state index in [1.54, 1.807) is 0 Å². The molecule has 1 N–H and O–H groups in total. The van der Waals surface area contributed by atoms with Gasteiger partial charge in [0.25, 0.3) is 0 Å². The van der Waals surface area contributed by atoms with Crippen LogP contribution in [0.5, 0.6) is 0 Å². The number of fused-ring (bicyclic) bond motifs is 1. The molecular formula is C23H27N3O. The Kier molecular flexibility index (Phi) is 4.94. The lowest BCUT2D eigenvalue weighted by Crippen LogP contribution is -2.42. The Balaban J connectivity index is 1.44. The topological polar surface area (TPSA) is 49.2 Å². The van der Waals surface area contributed by atoms with Gasteiger partial charge in [0.15, 0.2) is 0 Å². The van der Waals surface area contributed by atoms with Crippen molar-refractivity contribution in [2.45, 2.75) is 45.3 Å². The Morgan fingerprint density at radius 3 is 2.59 bits per heavy atom. The van der Waals surface area contributed by atoms with Gasteiger partial charge >= 0.3 is 0 Å². The van der Waals surface area contributed by atoms with Crippen molar-refractivity contribution in [1.82, 2.24) is 14.9 Å². The second-order valence-electron chi connectivity index (χ2n) is 7.68. The maximum Gasteiger partial charge on any atom is 0.0921 e. The third kappa shape index (κ3) is 3.87. The van der Waals surface area contributed by atoms with Crippen LogP contribution >= 0.6 is 0 Å². The summed E-state index contributed by atoms with van der Waals surface area (Å²) in [7, 11) is 0. The molecule has 0 spiro atoms. The van der Waals surface area contributed by atoms with E-state index in [4.69, 9.17) is 0 Å². The molecule has 2 aromatic heterocycles. The highest BCUT2D eigenvalue weighted by Gasteiger charge is 2.34. The quantitative estimate of drug-likeness (QED) is 0.763. The fourth-order valence-electron chi connectivity index (χ4n) is 3.87. The summed E-state index contributed by atoms with van der Waals surface area (Å²) in [5, 5.41) is 12.3. The van der Waals surface area contributed by atoms with Crippen molar-refractivity contribution in [2.24, 2.45) is 0 Å². The number of aliphatic hydroxyl groups is 1. The molecule has 0 bridgehead atoms. The zero-order chi connectivity index (χ0) is 18.9. The van der Waals surface area contributed by atoms with Gasteiger partial charge in [-0.3, -0.25) is 14.9 Å². The molecule has 0 amide bonds. The number of nitrogens with zero attached hydrogens (tertiary/aromatic N) is 3. The van der Waals surface area contributed by atoms with Gasteiger partial charge in [0.2, 0.25) is 0 Å². The standard InChI is InChI=1S/C23H27N3O/c1-3-18-5-8-21(24-15-18)16-26-12-10-23(27,11-13-26)20-7-9-22-19(14-20)6-4-17(2)25-22/h4-9,14-15,27H,3,10-13,16H2,1-2H3. The van der Waals surface area contributed by atoms with Gasteiger partial charge in [-0.15, -0.1) is 0 Å². The minimum Gasteiger partial charge on any atom is -0.385 e. The number of pyridine rings is 2. The van der Waals surface area contributed by atoms with E-state index < -0.39 is 5.60 Å². The van der Waals surface area contributed by atoms with Crippen LogP contribution in [0.15, 0.2) is 48.7 Å². The lowest BCUT2D eigenvalue weighted by Gasteiger charge is -2.38. The summed E-state index contributed by atoms with van der Waals surface area (Å²) in [6.07, 6.45) is 4.47. The van der Waals surface area contributed by atoms with Gasteiger partial charge < -0.3 is 5.11 Å². The second kappa shape index (κ2) is 7.37. The van der Waals surface area contributed by atoms with Crippen molar-refractivity contribution in [3.05, 3.63) is 71.2 Å². The fraction of sp³-hybridized carbons (Fsp3) is 0.391. The van der Waals surface area contributed by atoms with E-state index in [-0.39, 0.29) is 0 Å². The molecule has 0 unspecified atom stereocenters. The van der Waals surface area contributed by atoms with Crippen LogP contribution in [0.1, 0.15) is 42.3 Å². The molecule has 4 nitrogen and oxygen atoms in total. The summed E-state index contributed by atoms with van der Waals surface area (Å²) in [4.78, 5) is 11.5. The summed E-state index contributed by atoms with van der Waals surface area (Å²) in [6, 6.07) is 14.6. The Bertz CT molecular complexity index is 928. The number of aryl methyl sites for hydroxylation is 2. The predicted octanol–water partition coefficient (Wildman–Crippen LogP) is 3.98. The minimum atomic E-state index is -0.755. The van der Waals surface area contributed by atoms with Crippen LogP contribution in [0.4, 0.5) is 0 Å². The van der Waals surface area contributed by atoms with Crippen LogP contribution in [-0.4, -0.2) is 33.1 Å². The third-order valence-electron chi connectivity index (χ3n) is 5.73. The maximum atomic E-state index is 11.2. The molecule has 0 aliphatic carbocycles. The number of hydrogen-bond donors (Lipinski definition) is 1. The van der Waals surface area contributed by atoms with Crippen LogP contribution in [0, 0.1) is 6.92 Å². The predicted molar refractivity (Wildman–Crippen MR) is 109 cm³/mol. The van der Waals surface area contributed by atoms with Crippen molar-refractivity contribution in [1.29, 1.82) is 0 Å². The molecule has 4 rings (SSSR count). The second-order valence-corrected chi connectivity index (χ2v) is 7.68. The lowest BCUT2D eigenvalue weighted by atomic mass is 9.84. The maximum absolute atomic E-state index is 11.2. The molecule has 4 heteroatoms. The molecule has 1 aliphatic heterocycles. The van der Waals surface area contributed by atoms with Gasteiger partial charge in [-0.2, -0.15) is 0 Å². The smallest absolute Gasteiger partial charge is 0.0921 e. The third-order valence-corrected chi connectivity index (χ3v) is 5.73. The monoisotopic (exact) mass is 361 g/mol. The summed E-state index contributed by atoms with van der Waals surface area (Å²) in [6.45, 7) is 6.74. The van der Waals surface area contributed by atoms with Gasteiger partial charge in [-0.25, -0.2) is 0 Å². The molecule has 27 heavy (non-hydrogen) atoms. The molecule has 1 aliphatic rings. The van der Waals surface area contributed by atoms with Crippen LogP contribution in [0.2, 0.25) is 0 Å². The fourth-order valence-corrected chi connectivity index (χ4v) is 3.87. The van der Waals surface area contributed by atoms with Crippen LogP contribution in [0.3, 0.4) is 0 Å². The summed E-state index contributed by atoms with van der Waals surface area (Å²) in [5.41, 5.74) is 4.63. The average molecular weight is 361 g/mol. The van der Waals surface area contributed by atoms with E-state index >= 15 is 0 Å². The highest BCUT2D eigenvalue weighted by atomic mass is 16.3. The Hall–Kier alpha value is -2.30. The van der Waals surface area contributed by atoms with Gasteiger partial charge in [0.05, 0.1) is 16.8 Å². The first-order valence-corrected chi connectivity index (χ1v) is 9.82. The van der Waals surface area contributed by atoms with Crippen molar-refractivity contribution in [3.8, 4) is 0 Å². The molecule has 0 saturated carbocycles. The van der Waals surface area contributed by atoms with E-state index in [1.165, 1.54) is 5.56 Å². The normalized spacial score (nSPS) is 17.3. The van der Waals surface area contributed by atoms with Crippen molar-refractivity contribution >= 4 is 10.9 Å². The number of hydrogen-bond acceptors (Lipinski definition) is 4. The highest BCUT2D eigenvalue weighted by Crippen LogP contribution is 2.34. The Morgan fingerprint density at radius 2 is 1.89 bits per heavy atom. The van der Waals surface area contributed by atoms with E-state index in [9.17, 15) is 5.11 Å². The summed E-state index contributed by atoms with van der Waals surface area (Å²) in [5.74, 6) is 0. The molecule has 0 atom stereocenters. The average Bonchev–Trinajstić information content (AvgIpc) is 2.70. The molecule has 3 aromatic rings. The molecular weight excluding hydrogens is 334 g/mol. The van der Waals surface area contributed by atoms with E-state index in [2.05, 4.69) is 46.1 Å². The van der Waals surface area contributed by atoms with E-state index in [0.29, 0.717) is 0 Å². The first kappa shape index (κ1) is 18.1. The molecule has 0 radical (unpaired) electrons. The van der Waals surface area contributed by atoms with E-state index in [1.807, 2.05) is 31.3 Å². The summed E-state index contributed by atoms with van der Waals surface area (Å²) < 4.78 is 0. The number of benzene rings is 1. The van der Waals surface area contributed by atoms with Crippen LogP contribution in [-0.2, 0) is 18.6 Å². The molecule has 1 aromatic carbocycles. The molecule has 140 valence electrons. The zero-order valence-corrected chi connectivity index (χ0v) is 16.2. The Labute approximate surface area is 160 Å². The van der Waals surface area contributed by atoms with Gasteiger partial charge in [0.1, 0.15) is 0 Å². The van der Waals surface area contributed by atoms with Crippen molar-refractivity contribution in [3.63, 3.8) is 0 Å². The van der Waals surface area contributed by atoms with Gasteiger partial charge in [-0.05, 0) is 61.6 Å². The van der Waals surface area contributed by atoms with Crippen molar-refractivity contribution in [2.75, 3.05) is 13.1 Å². The highest BCUT2D eigenvalue weighted by molar-refractivity contribution is 5.79. The Morgan fingerprint density at radius 1 is 1.07 bits per heavy atom.